The summed E-state index contributed by atoms with van der Waals surface area (Å²) in [4.78, 5) is 22.2. The molecule has 6 heteroatoms. The van der Waals surface area contributed by atoms with Gasteiger partial charge in [-0.2, -0.15) is 0 Å². The van der Waals surface area contributed by atoms with Crippen LogP contribution in [0.3, 0.4) is 0 Å². The van der Waals surface area contributed by atoms with Gasteiger partial charge in [-0.25, -0.2) is 0 Å². The summed E-state index contributed by atoms with van der Waals surface area (Å²) in [7, 11) is 1.88. The number of hydrogen-bond acceptors (Lipinski definition) is 3. The molecule has 4 rings (SSSR count). The lowest BCUT2D eigenvalue weighted by molar-refractivity contribution is -0.134. The SMILES string of the molecule is CN=C(NCC1(N2CCCCC2)CCCCC1)NC1CCN(C(=O)C2CCCC2)C1. The molecular formula is C24H43N5O. The first-order valence-electron chi connectivity index (χ1n) is 12.7. The molecule has 2 aliphatic carbocycles. The first-order valence-corrected chi connectivity index (χ1v) is 12.7. The molecule has 2 N–H and O–H groups in total. The molecule has 6 nitrogen and oxygen atoms in total. The average Bonchev–Trinajstić information content (AvgIpc) is 3.50. The quantitative estimate of drug-likeness (QED) is 0.533. The number of amides is 1. The van der Waals surface area contributed by atoms with Crippen molar-refractivity contribution in [1.82, 2.24) is 20.4 Å². The van der Waals surface area contributed by atoms with E-state index in [0.717, 1.165) is 44.9 Å². The maximum Gasteiger partial charge on any atom is 0.225 e. The maximum atomic E-state index is 12.7. The number of nitrogens with zero attached hydrogens (tertiary/aromatic N) is 3. The number of likely N-dealkylation sites (tertiary alicyclic amines) is 2. The second-order valence-electron chi connectivity index (χ2n) is 10.2. The van der Waals surface area contributed by atoms with Gasteiger partial charge in [0.1, 0.15) is 0 Å². The van der Waals surface area contributed by atoms with E-state index in [4.69, 9.17) is 0 Å². The normalized spacial score (nSPS) is 28.6. The molecule has 1 atom stereocenters. The van der Waals surface area contributed by atoms with Crippen molar-refractivity contribution in [3.63, 3.8) is 0 Å². The number of rotatable bonds is 5. The summed E-state index contributed by atoms with van der Waals surface area (Å²) in [6.45, 7) is 5.22. The Morgan fingerprint density at radius 3 is 2.33 bits per heavy atom. The van der Waals surface area contributed by atoms with Crippen LogP contribution in [0.4, 0.5) is 0 Å². The van der Waals surface area contributed by atoms with Crippen molar-refractivity contribution in [2.45, 2.75) is 95.1 Å². The molecule has 2 heterocycles. The summed E-state index contributed by atoms with van der Waals surface area (Å²) in [6, 6.07) is 0.318. The fourth-order valence-electron chi connectivity index (χ4n) is 6.33. The largest absolute Gasteiger partial charge is 0.355 e. The molecule has 0 aromatic heterocycles. The lowest BCUT2D eigenvalue weighted by atomic mass is 9.79. The summed E-state index contributed by atoms with van der Waals surface area (Å²) in [5.74, 6) is 1.60. The van der Waals surface area contributed by atoms with Gasteiger partial charge in [0, 0.05) is 44.2 Å². The minimum Gasteiger partial charge on any atom is -0.355 e. The summed E-state index contributed by atoms with van der Waals surface area (Å²) >= 11 is 0. The van der Waals surface area contributed by atoms with Crippen LogP contribution >= 0.6 is 0 Å². The second kappa shape index (κ2) is 10.3. The third kappa shape index (κ3) is 5.12. The zero-order valence-corrected chi connectivity index (χ0v) is 19.1. The van der Waals surface area contributed by atoms with Crippen molar-refractivity contribution >= 4 is 11.9 Å². The molecule has 0 radical (unpaired) electrons. The molecule has 0 aromatic rings. The van der Waals surface area contributed by atoms with Crippen molar-refractivity contribution < 1.29 is 4.79 Å². The maximum absolute atomic E-state index is 12.7. The van der Waals surface area contributed by atoms with Crippen molar-refractivity contribution in [3.8, 4) is 0 Å². The summed E-state index contributed by atoms with van der Waals surface area (Å²) in [5.41, 5.74) is 0.302. The van der Waals surface area contributed by atoms with Gasteiger partial charge in [0.2, 0.25) is 5.91 Å². The Hall–Kier alpha value is -1.30. The number of aliphatic imine (C=N–C) groups is 1. The molecule has 2 aliphatic heterocycles. The summed E-state index contributed by atoms with van der Waals surface area (Å²) < 4.78 is 0. The van der Waals surface area contributed by atoms with Gasteiger partial charge in [-0.15, -0.1) is 0 Å². The first kappa shape index (κ1) is 21.9. The van der Waals surface area contributed by atoms with Gasteiger partial charge in [0.15, 0.2) is 5.96 Å². The van der Waals surface area contributed by atoms with Gasteiger partial charge < -0.3 is 15.5 Å². The van der Waals surface area contributed by atoms with Gasteiger partial charge in [0.05, 0.1) is 0 Å². The number of hydrogen-bond donors (Lipinski definition) is 2. The Balaban J connectivity index is 1.29. The Labute approximate surface area is 183 Å². The smallest absolute Gasteiger partial charge is 0.225 e. The molecule has 0 spiro atoms. The van der Waals surface area contributed by atoms with Crippen LogP contribution in [0.2, 0.25) is 0 Å². The highest BCUT2D eigenvalue weighted by molar-refractivity contribution is 5.81. The molecule has 2 saturated carbocycles. The van der Waals surface area contributed by atoms with Gasteiger partial charge in [-0.1, -0.05) is 38.5 Å². The highest BCUT2D eigenvalue weighted by Crippen LogP contribution is 2.35. The predicted octanol–water partition coefficient (Wildman–Crippen LogP) is 3.13. The van der Waals surface area contributed by atoms with Crippen LogP contribution in [0.1, 0.15) is 83.5 Å². The molecule has 1 unspecified atom stereocenters. The van der Waals surface area contributed by atoms with Crippen molar-refractivity contribution in [2.75, 3.05) is 39.8 Å². The van der Waals surface area contributed by atoms with Crippen LogP contribution in [-0.4, -0.2) is 73.0 Å². The average molecular weight is 418 g/mol. The Morgan fingerprint density at radius 2 is 1.63 bits per heavy atom. The standard InChI is InChI=1S/C24H43N5O/c1-25-23(27-21-12-17-28(18-21)22(30)20-10-4-5-11-20)26-19-24(13-6-2-7-14-24)29-15-8-3-9-16-29/h20-21H,2-19H2,1H3,(H2,25,26,27). The lowest BCUT2D eigenvalue weighted by Crippen LogP contribution is -2.59. The molecule has 30 heavy (non-hydrogen) atoms. The van der Waals surface area contributed by atoms with E-state index in [0.29, 0.717) is 17.5 Å². The van der Waals surface area contributed by atoms with Gasteiger partial charge in [0.25, 0.3) is 0 Å². The minimum atomic E-state index is 0.289. The zero-order valence-electron chi connectivity index (χ0n) is 19.1. The topological polar surface area (TPSA) is 60.0 Å². The van der Waals surface area contributed by atoms with Crippen LogP contribution in [-0.2, 0) is 4.79 Å². The van der Waals surface area contributed by atoms with Crippen molar-refractivity contribution in [1.29, 1.82) is 0 Å². The van der Waals surface area contributed by atoms with E-state index in [1.807, 2.05) is 7.05 Å². The van der Waals surface area contributed by atoms with E-state index >= 15 is 0 Å². The lowest BCUT2D eigenvalue weighted by Gasteiger charge is -2.48. The molecule has 0 bridgehead atoms. The van der Waals surface area contributed by atoms with E-state index in [9.17, 15) is 4.79 Å². The minimum absolute atomic E-state index is 0.289. The Kier molecular flexibility index (Phi) is 7.55. The van der Waals surface area contributed by atoms with Crippen molar-refractivity contribution in [3.05, 3.63) is 0 Å². The molecule has 170 valence electrons. The van der Waals surface area contributed by atoms with E-state index in [2.05, 4.69) is 25.4 Å². The number of carbonyl (C=O) groups is 1. The van der Waals surface area contributed by atoms with Crippen LogP contribution < -0.4 is 10.6 Å². The van der Waals surface area contributed by atoms with Crippen LogP contribution in [0.15, 0.2) is 4.99 Å². The van der Waals surface area contributed by atoms with Crippen molar-refractivity contribution in [2.24, 2.45) is 10.9 Å². The van der Waals surface area contributed by atoms with E-state index in [-0.39, 0.29) is 5.92 Å². The predicted molar refractivity (Wildman–Crippen MR) is 123 cm³/mol. The van der Waals surface area contributed by atoms with Crippen LogP contribution in [0.25, 0.3) is 0 Å². The zero-order chi connectivity index (χ0) is 20.8. The number of carbonyl (C=O) groups excluding carboxylic acids is 1. The number of piperidine rings is 1. The second-order valence-corrected chi connectivity index (χ2v) is 10.2. The van der Waals surface area contributed by atoms with Crippen LogP contribution in [0, 0.1) is 5.92 Å². The highest BCUT2D eigenvalue weighted by atomic mass is 16.2. The molecule has 1 amide bonds. The Morgan fingerprint density at radius 1 is 0.933 bits per heavy atom. The molecule has 2 saturated heterocycles. The van der Waals surface area contributed by atoms with E-state index < -0.39 is 0 Å². The van der Waals surface area contributed by atoms with Gasteiger partial charge >= 0.3 is 0 Å². The fourth-order valence-corrected chi connectivity index (χ4v) is 6.33. The van der Waals surface area contributed by atoms with E-state index in [1.54, 1.807) is 0 Å². The monoisotopic (exact) mass is 417 g/mol. The van der Waals surface area contributed by atoms with Gasteiger partial charge in [-0.05, 0) is 58.0 Å². The highest BCUT2D eigenvalue weighted by Gasteiger charge is 2.39. The van der Waals surface area contributed by atoms with Gasteiger partial charge in [-0.3, -0.25) is 14.7 Å². The van der Waals surface area contributed by atoms with E-state index in [1.165, 1.54) is 77.3 Å². The Bertz CT molecular complexity index is 588. The molecule has 4 fully saturated rings. The summed E-state index contributed by atoms with van der Waals surface area (Å²) in [5, 5.41) is 7.32. The molecular weight excluding hydrogens is 374 g/mol. The molecule has 0 aromatic carbocycles. The number of nitrogens with one attached hydrogen (secondary N) is 2. The third-order valence-corrected chi connectivity index (χ3v) is 8.16. The van der Waals surface area contributed by atoms with Crippen LogP contribution in [0.5, 0.6) is 0 Å². The third-order valence-electron chi connectivity index (χ3n) is 8.16. The summed E-state index contributed by atoms with van der Waals surface area (Å²) in [6.07, 6.45) is 16.5. The first-order chi connectivity index (χ1) is 14.7. The fraction of sp³-hybridized carbons (Fsp3) is 0.917. The molecule has 4 aliphatic rings. The number of guanidine groups is 1.